The van der Waals surface area contributed by atoms with Crippen LogP contribution in [0.25, 0.3) is 0 Å². The Bertz CT molecular complexity index is 502. The van der Waals surface area contributed by atoms with Crippen molar-refractivity contribution in [3.05, 3.63) is 34.9 Å². The summed E-state index contributed by atoms with van der Waals surface area (Å²) in [5.74, 6) is -0.121. The monoisotopic (exact) mass is 260 g/mol. The number of esters is 1. The van der Waals surface area contributed by atoms with Gasteiger partial charge in [-0.3, -0.25) is 4.79 Å². The van der Waals surface area contributed by atoms with Crippen molar-refractivity contribution in [1.82, 2.24) is 0 Å². The van der Waals surface area contributed by atoms with E-state index in [2.05, 4.69) is 32.0 Å². The lowest BCUT2D eigenvalue weighted by molar-refractivity contribution is -0.155. The summed E-state index contributed by atoms with van der Waals surface area (Å²) >= 11 is 0. The van der Waals surface area contributed by atoms with Crippen molar-refractivity contribution in [2.45, 2.75) is 52.4 Å². The molecular weight excluding hydrogens is 236 g/mol. The highest BCUT2D eigenvalue weighted by atomic mass is 16.5. The number of carbonyl (C=O) groups excluding carboxylic acids is 1. The average molecular weight is 260 g/mol. The molecule has 0 amide bonds. The molecule has 0 heterocycles. The molecule has 1 aliphatic carbocycles. The van der Waals surface area contributed by atoms with E-state index in [0.29, 0.717) is 0 Å². The molecule has 104 valence electrons. The van der Waals surface area contributed by atoms with E-state index < -0.39 is 5.41 Å². The first-order valence-electron chi connectivity index (χ1n) is 7.01. The van der Waals surface area contributed by atoms with Gasteiger partial charge in [-0.1, -0.05) is 30.7 Å². The summed E-state index contributed by atoms with van der Waals surface area (Å²) in [7, 11) is 1.48. The van der Waals surface area contributed by atoms with Gasteiger partial charge in [-0.05, 0) is 51.2 Å². The van der Waals surface area contributed by atoms with E-state index in [0.717, 1.165) is 19.3 Å². The second-order valence-corrected chi connectivity index (χ2v) is 6.46. The van der Waals surface area contributed by atoms with Crippen LogP contribution in [0.3, 0.4) is 0 Å². The van der Waals surface area contributed by atoms with Crippen molar-refractivity contribution in [1.29, 1.82) is 0 Å². The largest absolute Gasteiger partial charge is 0.469 e. The smallest absolute Gasteiger partial charge is 0.312 e. The van der Waals surface area contributed by atoms with Gasteiger partial charge in [-0.25, -0.2) is 0 Å². The lowest BCUT2D eigenvalue weighted by Crippen LogP contribution is -2.47. The van der Waals surface area contributed by atoms with Gasteiger partial charge < -0.3 is 4.74 Å². The quantitative estimate of drug-likeness (QED) is 0.756. The van der Waals surface area contributed by atoms with Crippen molar-refractivity contribution in [3.63, 3.8) is 0 Å². The molecular formula is C17H24O2. The molecule has 1 atom stereocenters. The number of hydrogen-bond donors (Lipinski definition) is 0. The van der Waals surface area contributed by atoms with Crippen LogP contribution in [0.4, 0.5) is 0 Å². The predicted molar refractivity (Wildman–Crippen MR) is 77.3 cm³/mol. The summed E-state index contributed by atoms with van der Waals surface area (Å²) in [5.41, 5.74) is 3.31. The average Bonchev–Trinajstić information content (AvgIpc) is 2.38. The summed E-state index contributed by atoms with van der Waals surface area (Å²) in [4.78, 5) is 12.2. The van der Waals surface area contributed by atoms with Crippen LogP contribution in [0.5, 0.6) is 0 Å². The van der Waals surface area contributed by atoms with Gasteiger partial charge >= 0.3 is 5.97 Å². The minimum Gasteiger partial charge on any atom is -0.469 e. The molecule has 19 heavy (non-hydrogen) atoms. The minimum absolute atomic E-state index is 0.121. The first kappa shape index (κ1) is 14.1. The molecule has 0 spiro atoms. The minimum atomic E-state index is -0.509. The van der Waals surface area contributed by atoms with Gasteiger partial charge in [0.2, 0.25) is 0 Å². The predicted octanol–water partition coefficient (Wildman–Crippen LogP) is 3.79. The Hall–Kier alpha value is -1.31. The third kappa shape index (κ3) is 2.07. The highest BCUT2D eigenvalue weighted by Crippen LogP contribution is 2.49. The maximum atomic E-state index is 12.2. The Morgan fingerprint density at radius 1 is 1.37 bits per heavy atom. The fourth-order valence-electron chi connectivity index (χ4n) is 3.32. The Morgan fingerprint density at radius 2 is 2.05 bits per heavy atom. The molecule has 0 saturated heterocycles. The summed E-state index contributed by atoms with van der Waals surface area (Å²) < 4.78 is 5.04. The standard InChI is InChI=1S/C17H24O2/c1-12-8-9-13-7-6-10-17(4,14(13)11-12)16(2,3)15(18)19-5/h8-9,11H,6-7,10H2,1-5H3. The molecule has 1 aromatic carbocycles. The highest BCUT2D eigenvalue weighted by molar-refractivity contribution is 5.78. The number of fused-ring (bicyclic) bond motifs is 1. The second kappa shape index (κ2) is 4.66. The molecule has 1 aliphatic rings. The molecule has 2 rings (SSSR count). The molecule has 0 bridgehead atoms. The number of ether oxygens (including phenoxy) is 1. The van der Waals surface area contributed by atoms with Crippen LogP contribution in [-0.2, 0) is 21.4 Å². The zero-order chi connectivity index (χ0) is 14.3. The molecule has 1 aromatic rings. The number of benzene rings is 1. The molecule has 0 radical (unpaired) electrons. The molecule has 2 heteroatoms. The summed E-state index contributed by atoms with van der Waals surface area (Å²) in [6, 6.07) is 6.63. The summed E-state index contributed by atoms with van der Waals surface area (Å²) in [5, 5.41) is 0. The van der Waals surface area contributed by atoms with Gasteiger partial charge in [-0.15, -0.1) is 0 Å². The first-order chi connectivity index (χ1) is 8.83. The fourth-order valence-corrected chi connectivity index (χ4v) is 3.32. The third-order valence-corrected chi connectivity index (χ3v) is 5.06. The van der Waals surface area contributed by atoms with E-state index in [1.807, 2.05) is 13.8 Å². The topological polar surface area (TPSA) is 26.3 Å². The Balaban J connectivity index is 2.58. The van der Waals surface area contributed by atoms with Gasteiger partial charge in [0, 0.05) is 5.41 Å². The number of methoxy groups -OCH3 is 1. The van der Waals surface area contributed by atoms with Crippen molar-refractivity contribution in [3.8, 4) is 0 Å². The first-order valence-corrected chi connectivity index (χ1v) is 7.01. The normalized spacial score (nSPS) is 22.8. The fraction of sp³-hybridized carbons (Fsp3) is 0.588. The van der Waals surface area contributed by atoms with E-state index in [9.17, 15) is 4.79 Å². The summed E-state index contributed by atoms with van der Waals surface area (Å²) in [6.45, 7) is 8.34. The zero-order valence-electron chi connectivity index (χ0n) is 12.7. The second-order valence-electron chi connectivity index (χ2n) is 6.46. The van der Waals surface area contributed by atoms with Crippen LogP contribution in [0.1, 0.15) is 50.3 Å². The number of rotatable bonds is 2. The molecule has 0 fully saturated rings. The van der Waals surface area contributed by atoms with E-state index in [4.69, 9.17) is 4.74 Å². The van der Waals surface area contributed by atoms with Gasteiger partial charge in [0.1, 0.15) is 0 Å². The van der Waals surface area contributed by atoms with Crippen molar-refractivity contribution >= 4 is 5.97 Å². The molecule has 0 saturated carbocycles. The maximum Gasteiger partial charge on any atom is 0.312 e. The number of hydrogen-bond acceptors (Lipinski definition) is 2. The number of carbonyl (C=O) groups is 1. The van der Waals surface area contributed by atoms with Gasteiger partial charge in [0.05, 0.1) is 12.5 Å². The van der Waals surface area contributed by atoms with E-state index >= 15 is 0 Å². The third-order valence-electron chi connectivity index (χ3n) is 5.06. The lowest BCUT2D eigenvalue weighted by atomic mass is 9.57. The van der Waals surface area contributed by atoms with Crippen molar-refractivity contribution in [2.75, 3.05) is 7.11 Å². The molecule has 0 aliphatic heterocycles. The van der Waals surface area contributed by atoms with Crippen LogP contribution in [0, 0.1) is 12.3 Å². The van der Waals surface area contributed by atoms with Crippen molar-refractivity contribution in [2.24, 2.45) is 5.41 Å². The van der Waals surface area contributed by atoms with E-state index in [1.165, 1.54) is 23.8 Å². The zero-order valence-corrected chi connectivity index (χ0v) is 12.7. The molecule has 1 unspecified atom stereocenters. The summed E-state index contributed by atoms with van der Waals surface area (Å²) in [6.07, 6.45) is 3.28. The van der Waals surface area contributed by atoms with Crippen LogP contribution >= 0.6 is 0 Å². The van der Waals surface area contributed by atoms with Crippen LogP contribution < -0.4 is 0 Å². The highest BCUT2D eigenvalue weighted by Gasteiger charge is 2.50. The SMILES string of the molecule is COC(=O)C(C)(C)C1(C)CCCc2ccc(C)cc21. The Kier molecular flexibility index (Phi) is 3.46. The van der Waals surface area contributed by atoms with Crippen LogP contribution in [0.15, 0.2) is 18.2 Å². The Labute approximate surface area is 116 Å². The maximum absolute atomic E-state index is 12.2. The number of aryl methyl sites for hydroxylation is 2. The van der Waals surface area contributed by atoms with E-state index in [1.54, 1.807) is 0 Å². The van der Waals surface area contributed by atoms with E-state index in [-0.39, 0.29) is 11.4 Å². The van der Waals surface area contributed by atoms with Gasteiger partial charge in [0.15, 0.2) is 0 Å². The van der Waals surface area contributed by atoms with Gasteiger partial charge in [0.25, 0.3) is 0 Å². The molecule has 0 aromatic heterocycles. The lowest BCUT2D eigenvalue weighted by Gasteiger charge is -2.46. The van der Waals surface area contributed by atoms with Gasteiger partial charge in [-0.2, -0.15) is 0 Å². The Morgan fingerprint density at radius 3 is 2.68 bits per heavy atom. The van der Waals surface area contributed by atoms with Crippen LogP contribution in [0.2, 0.25) is 0 Å². The molecule has 0 N–H and O–H groups in total. The van der Waals surface area contributed by atoms with Crippen molar-refractivity contribution < 1.29 is 9.53 Å². The van der Waals surface area contributed by atoms with Crippen LogP contribution in [-0.4, -0.2) is 13.1 Å². The molecule has 2 nitrogen and oxygen atoms in total.